The lowest BCUT2D eigenvalue weighted by Crippen LogP contribution is -2.27. The number of carbonyl (C=O) groups excluding carboxylic acids is 1. The van der Waals surface area contributed by atoms with Crippen LogP contribution in [0.3, 0.4) is 0 Å². The highest BCUT2D eigenvalue weighted by molar-refractivity contribution is 6.01. The summed E-state index contributed by atoms with van der Waals surface area (Å²) in [6, 6.07) is 23.9. The number of phenolic OH excluding ortho intramolecular Hbond substituents is 1. The van der Waals surface area contributed by atoms with Crippen LogP contribution in [0.1, 0.15) is 34.1 Å². The summed E-state index contributed by atoms with van der Waals surface area (Å²) >= 11 is 0. The van der Waals surface area contributed by atoms with Crippen molar-refractivity contribution in [3.8, 4) is 16.9 Å². The summed E-state index contributed by atoms with van der Waals surface area (Å²) in [4.78, 5) is 24.0. The average Bonchev–Trinajstić information content (AvgIpc) is 2.89. The van der Waals surface area contributed by atoms with Crippen molar-refractivity contribution >= 4 is 11.7 Å². The number of aliphatic hydroxyl groups excluding tert-OH is 1. The van der Waals surface area contributed by atoms with E-state index in [-0.39, 0.29) is 18.2 Å². The van der Waals surface area contributed by atoms with Crippen molar-refractivity contribution < 1.29 is 15.0 Å². The zero-order chi connectivity index (χ0) is 24.6. The minimum atomic E-state index is -0.795. The second-order valence-electron chi connectivity index (χ2n) is 8.29. The van der Waals surface area contributed by atoms with Crippen molar-refractivity contribution in [3.63, 3.8) is 0 Å². The van der Waals surface area contributed by atoms with Gasteiger partial charge < -0.3 is 20.4 Å². The lowest BCUT2D eigenvalue weighted by molar-refractivity contribution is 0.0943. The third-order valence-corrected chi connectivity index (χ3v) is 5.69. The highest BCUT2D eigenvalue weighted by Gasteiger charge is 2.17. The maximum Gasteiger partial charge on any atom is 0.253 e. The molecule has 0 aliphatic carbocycles. The molecule has 4 aromatic rings. The molecule has 0 bridgehead atoms. The van der Waals surface area contributed by atoms with E-state index < -0.39 is 6.10 Å². The normalized spacial score (nSPS) is 11.6. The Bertz CT molecular complexity index is 1270. The largest absolute Gasteiger partial charge is 0.508 e. The first-order valence-electron chi connectivity index (χ1n) is 11.4. The highest BCUT2D eigenvalue weighted by atomic mass is 16.3. The molecular weight excluding hydrogens is 440 g/mol. The monoisotopic (exact) mass is 468 g/mol. The summed E-state index contributed by atoms with van der Waals surface area (Å²) in [5.41, 5.74) is 3.66. The molecule has 2 aromatic carbocycles. The number of benzene rings is 2. The third kappa shape index (κ3) is 6.22. The quantitative estimate of drug-likeness (QED) is 0.338. The maximum atomic E-state index is 13.1. The lowest BCUT2D eigenvalue weighted by Gasteiger charge is -2.20. The zero-order valence-corrected chi connectivity index (χ0v) is 19.5. The van der Waals surface area contributed by atoms with Crippen LogP contribution in [-0.4, -0.2) is 39.7 Å². The van der Waals surface area contributed by atoms with Gasteiger partial charge in [-0.1, -0.05) is 48.5 Å². The SMILES string of the molecule is CN(Cc1ccccn1)c1cc(-c2ccccc2)c(C(=O)NCCC(O)c2cccc(O)c2)cn1. The first kappa shape index (κ1) is 23.9. The van der Waals surface area contributed by atoms with Gasteiger partial charge in [-0.15, -0.1) is 0 Å². The van der Waals surface area contributed by atoms with Gasteiger partial charge >= 0.3 is 0 Å². The summed E-state index contributed by atoms with van der Waals surface area (Å²) in [7, 11) is 1.94. The van der Waals surface area contributed by atoms with E-state index in [2.05, 4.69) is 15.3 Å². The van der Waals surface area contributed by atoms with Gasteiger partial charge in [0.25, 0.3) is 5.91 Å². The molecule has 7 nitrogen and oxygen atoms in total. The van der Waals surface area contributed by atoms with Crippen molar-refractivity contribution in [1.29, 1.82) is 0 Å². The molecule has 0 aliphatic heterocycles. The average molecular weight is 469 g/mol. The molecule has 1 amide bonds. The van der Waals surface area contributed by atoms with Gasteiger partial charge in [0, 0.05) is 26.0 Å². The van der Waals surface area contributed by atoms with Crippen molar-refractivity contribution in [1.82, 2.24) is 15.3 Å². The van der Waals surface area contributed by atoms with E-state index in [1.54, 1.807) is 30.6 Å². The topological polar surface area (TPSA) is 98.6 Å². The number of anilines is 1. The van der Waals surface area contributed by atoms with Crippen LogP contribution in [0.15, 0.2) is 91.3 Å². The Balaban J connectivity index is 1.50. The van der Waals surface area contributed by atoms with Crippen molar-refractivity contribution in [2.24, 2.45) is 0 Å². The van der Waals surface area contributed by atoms with Gasteiger partial charge in [-0.2, -0.15) is 0 Å². The Morgan fingerprint density at radius 1 is 1.00 bits per heavy atom. The third-order valence-electron chi connectivity index (χ3n) is 5.69. The second-order valence-corrected chi connectivity index (χ2v) is 8.29. The molecule has 0 radical (unpaired) electrons. The van der Waals surface area contributed by atoms with Gasteiger partial charge in [0.2, 0.25) is 0 Å². The smallest absolute Gasteiger partial charge is 0.253 e. The number of pyridine rings is 2. The van der Waals surface area contributed by atoms with Gasteiger partial charge in [-0.3, -0.25) is 9.78 Å². The fraction of sp³-hybridized carbons (Fsp3) is 0.179. The summed E-state index contributed by atoms with van der Waals surface area (Å²) in [6.07, 6.45) is 2.87. The molecule has 7 heteroatoms. The van der Waals surface area contributed by atoms with Crippen LogP contribution in [0.2, 0.25) is 0 Å². The molecule has 1 unspecified atom stereocenters. The van der Waals surface area contributed by atoms with Crippen molar-refractivity contribution in [2.75, 3.05) is 18.5 Å². The predicted octanol–water partition coefficient (Wildman–Crippen LogP) is 4.34. The number of carbonyl (C=O) groups is 1. The van der Waals surface area contributed by atoms with Crippen LogP contribution in [-0.2, 0) is 6.54 Å². The van der Waals surface area contributed by atoms with E-state index in [1.165, 1.54) is 6.07 Å². The highest BCUT2D eigenvalue weighted by Crippen LogP contribution is 2.27. The summed E-state index contributed by atoms with van der Waals surface area (Å²) < 4.78 is 0. The number of phenols is 1. The van der Waals surface area contributed by atoms with E-state index in [4.69, 9.17) is 0 Å². The molecule has 2 heterocycles. The molecule has 0 saturated carbocycles. The number of hydrogen-bond donors (Lipinski definition) is 3. The molecule has 3 N–H and O–H groups in total. The van der Waals surface area contributed by atoms with Gasteiger partial charge in [-0.25, -0.2) is 4.98 Å². The zero-order valence-electron chi connectivity index (χ0n) is 19.5. The standard InChI is InChI=1S/C28H28N4O3/c1-32(19-22-11-5-6-14-29-22)27-17-24(20-8-3-2-4-9-20)25(18-31-27)28(35)30-15-13-26(34)21-10-7-12-23(33)16-21/h2-12,14,16-18,26,33-34H,13,15,19H2,1H3,(H,30,35). The van der Waals surface area contributed by atoms with Gasteiger partial charge in [0.1, 0.15) is 11.6 Å². The number of aromatic hydroxyl groups is 1. The first-order valence-corrected chi connectivity index (χ1v) is 11.4. The molecular formula is C28H28N4O3. The molecule has 1 atom stereocenters. The van der Waals surface area contributed by atoms with Gasteiger partial charge in [0.05, 0.1) is 23.9 Å². The predicted molar refractivity (Wildman–Crippen MR) is 136 cm³/mol. The molecule has 0 fully saturated rings. The van der Waals surface area contributed by atoms with Crippen LogP contribution in [0.4, 0.5) is 5.82 Å². The van der Waals surface area contributed by atoms with E-state index in [0.717, 1.165) is 22.6 Å². The Morgan fingerprint density at radius 3 is 2.54 bits per heavy atom. The molecule has 0 saturated heterocycles. The lowest BCUT2D eigenvalue weighted by atomic mass is 10.0. The van der Waals surface area contributed by atoms with Crippen molar-refractivity contribution in [3.05, 3.63) is 108 Å². The van der Waals surface area contributed by atoms with Crippen LogP contribution < -0.4 is 10.2 Å². The van der Waals surface area contributed by atoms with E-state index >= 15 is 0 Å². The molecule has 4 rings (SSSR count). The van der Waals surface area contributed by atoms with Crippen LogP contribution in [0.25, 0.3) is 11.1 Å². The second kappa shape index (κ2) is 11.3. The van der Waals surface area contributed by atoms with Crippen LogP contribution in [0, 0.1) is 0 Å². The Labute approximate surface area is 204 Å². The number of nitrogens with zero attached hydrogens (tertiary/aromatic N) is 3. The Hall–Kier alpha value is -4.23. The van der Waals surface area contributed by atoms with Crippen molar-refractivity contribution in [2.45, 2.75) is 19.1 Å². The molecule has 0 aliphatic rings. The van der Waals surface area contributed by atoms with E-state index in [9.17, 15) is 15.0 Å². The Morgan fingerprint density at radius 2 is 1.80 bits per heavy atom. The Kier molecular flexibility index (Phi) is 7.70. The first-order chi connectivity index (χ1) is 17.0. The fourth-order valence-corrected chi connectivity index (χ4v) is 3.82. The maximum absolute atomic E-state index is 13.1. The number of rotatable bonds is 9. The number of aliphatic hydroxyl groups is 1. The van der Waals surface area contributed by atoms with E-state index in [1.807, 2.05) is 66.5 Å². The fourth-order valence-electron chi connectivity index (χ4n) is 3.82. The van der Waals surface area contributed by atoms with Crippen LogP contribution >= 0.6 is 0 Å². The van der Waals surface area contributed by atoms with Gasteiger partial charge in [-0.05, 0) is 53.4 Å². The molecule has 2 aromatic heterocycles. The number of amides is 1. The minimum Gasteiger partial charge on any atom is -0.508 e. The molecule has 0 spiro atoms. The van der Waals surface area contributed by atoms with Gasteiger partial charge in [0.15, 0.2) is 0 Å². The summed E-state index contributed by atoms with van der Waals surface area (Å²) in [5.74, 6) is 0.557. The van der Waals surface area contributed by atoms with E-state index in [0.29, 0.717) is 24.1 Å². The van der Waals surface area contributed by atoms with Crippen LogP contribution in [0.5, 0.6) is 5.75 Å². The number of nitrogens with one attached hydrogen (secondary N) is 1. The number of hydrogen-bond acceptors (Lipinski definition) is 6. The molecule has 178 valence electrons. The number of aromatic nitrogens is 2. The summed E-state index contributed by atoms with van der Waals surface area (Å²) in [5, 5.41) is 22.9. The summed E-state index contributed by atoms with van der Waals surface area (Å²) in [6.45, 7) is 0.853. The minimum absolute atomic E-state index is 0.0947. The molecule has 35 heavy (non-hydrogen) atoms.